The third-order valence-corrected chi connectivity index (χ3v) is 2.29. The number of nitrogens with two attached hydrogens (primary N) is 1. The molecular weight excluding hydrogens is 220 g/mol. The van der Waals surface area contributed by atoms with Crippen LogP contribution in [0.15, 0.2) is 24.3 Å². The second kappa shape index (κ2) is 6.88. The van der Waals surface area contributed by atoms with Gasteiger partial charge in [0.15, 0.2) is 6.10 Å². The van der Waals surface area contributed by atoms with E-state index in [2.05, 4.69) is 5.43 Å². The van der Waals surface area contributed by atoms with Crippen molar-refractivity contribution in [3.8, 4) is 5.75 Å². The number of nitrogens with one attached hydrogen (secondary N) is 1. The van der Waals surface area contributed by atoms with Gasteiger partial charge in [-0.3, -0.25) is 10.2 Å². The molecule has 0 radical (unpaired) electrons. The van der Waals surface area contributed by atoms with Crippen LogP contribution in [-0.2, 0) is 16.1 Å². The summed E-state index contributed by atoms with van der Waals surface area (Å²) in [6, 6.07) is 7.43. The standard InChI is InChI=1S/C12H18N2O3/c1-3-11(12(15)14-13)17-10-6-4-5-9(7-10)8-16-2/h4-7,11H,3,8,13H2,1-2H3,(H,14,15). The van der Waals surface area contributed by atoms with E-state index in [1.165, 1.54) is 0 Å². The number of hydrogen-bond donors (Lipinski definition) is 2. The second-order valence-electron chi connectivity index (χ2n) is 3.60. The zero-order valence-electron chi connectivity index (χ0n) is 10.1. The molecule has 1 rings (SSSR count). The van der Waals surface area contributed by atoms with Crippen LogP contribution < -0.4 is 16.0 Å². The van der Waals surface area contributed by atoms with E-state index in [1.54, 1.807) is 13.2 Å². The average Bonchev–Trinajstić information content (AvgIpc) is 2.36. The zero-order chi connectivity index (χ0) is 12.7. The number of ether oxygens (including phenoxy) is 2. The molecule has 3 N–H and O–H groups in total. The van der Waals surface area contributed by atoms with E-state index in [4.69, 9.17) is 15.3 Å². The van der Waals surface area contributed by atoms with E-state index in [0.29, 0.717) is 18.8 Å². The molecule has 0 spiro atoms. The first-order valence-electron chi connectivity index (χ1n) is 5.46. The topological polar surface area (TPSA) is 73.6 Å². The van der Waals surface area contributed by atoms with Crippen molar-refractivity contribution < 1.29 is 14.3 Å². The van der Waals surface area contributed by atoms with Crippen molar-refractivity contribution in [3.05, 3.63) is 29.8 Å². The lowest BCUT2D eigenvalue weighted by Crippen LogP contribution is -2.41. The summed E-state index contributed by atoms with van der Waals surface area (Å²) in [7, 11) is 1.63. The molecule has 5 nitrogen and oxygen atoms in total. The number of carbonyl (C=O) groups excluding carboxylic acids is 1. The van der Waals surface area contributed by atoms with Crippen LogP contribution in [0.3, 0.4) is 0 Å². The molecule has 94 valence electrons. The predicted molar refractivity (Wildman–Crippen MR) is 64.2 cm³/mol. The normalized spacial score (nSPS) is 11.9. The molecule has 0 aliphatic rings. The van der Waals surface area contributed by atoms with Gasteiger partial charge in [0.25, 0.3) is 5.91 Å². The second-order valence-corrected chi connectivity index (χ2v) is 3.60. The molecule has 1 atom stereocenters. The summed E-state index contributed by atoms with van der Waals surface area (Å²) in [4.78, 5) is 11.4. The van der Waals surface area contributed by atoms with Gasteiger partial charge in [-0.2, -0.15) is 0 Å². The highest BCUT2D eigenvalue weighted by Gasteiger charge is 2.16. The molecule has 0 saturated heterocycles. The van der Waals surface area contributed by atoms with E-state index in [9.17, 15) is 4.79 Å². The number of amides is 1. The molecule has 17 heavy (non-hydrogen) atoms. The maximum atomic E-state index is 11.4. The van der Waals surface area contributed by atoms with Crippen molar-refractivity contribution >= 4 is 5.91 Å². The SMILES string of the molecule is CCC(Oc1cccc(COC)c1)C(=O)NN. The molecule has 1 aromatic rings. The Balaban J connectivity index is 2.72. The summed E-state index contributed by atoms with van der Waals surface area (Å²) in [5.74, 6) is 5.39. The number of methoxy groups -OCH3 is 1. The molecule has 0 heterocycles. The summed E-state index contributed by atoms with van der Waals surface area (Å²) in [6.45, 7) is 2.37. The molecule has 1 aromatic carbocycles. The summed E-state index contributed by atoms with van der Waals surface area (Å²) < 4.78 is 10.6. The predicted octanol–water partition coefficient (Wildman–Crippen LogP) is 0.980. The summed E-state index contributed by atoms with van der Waals surface area (Å²) in [5.41, 5.74) is 3.08. The molecule has 0 aliphatic carbocycles. The first-order chi connectivity index (χ1) is 8.21. The van der Waals surface area contributed by atoms with E-state index in [-0.39, 0.29) is 5.91 Å². The molecule has 0 fully saturated rings. The Morgan fingerprint density at radius 2 is 2.29 bits per heavy atom. The molecule has 5 heteroatoms. The van der Waals surface area contributed by atoms with Gasteiger partial charge in [0.05, 0.1) is 6.61 Å². The van der Waals surface area contributed by atoms with E-state index < -0.39 is 6.10 Å². The van der Waals surface area contributed by atoms with Crippen molar-refractivity contribution in [3.63, 3.8) is 0 Å². The third-order valence-electron chi connectivity index (χ3n) is 2.29. The van der Waals surface area contributed by atoms with Gasteiger partial charge in [-0.1, -0.05) is 19.1 Å². The number of carbonyl (C=O) groups is 1. The Hall–Kier alpha value is -1.59. The largest absolute Gasteiger partial charge is 0.481 e. The van der Waals surface area contributed by atoms with Gasteiger partial charge in [-0.05, 0) is 24.1 Å². The quantitative estimate of drug-likeness (QED) is 0.440. The molecular formula is C12H18N2O3. The highest BCUT2D eigenvalue weighted by molar-refractivity contribution is 5.80. The van der Waals surface area contributed by atoms with Crippen LogP contribution >= 0.6 is 0 Å². The van der Waals surface area contributed by atoms with Gasteiger partial charge < -0.3 is 9.47 Å². The maximum absolute atomic E-state index is 11.4. The average molecular weight is 238 g/mol. The monoisotopic (exact) mass is 238 g/mol. The summed E-state index contributed by atoms with van der Waals surface area (Å²) in [5, 5.41) is 0. The van der Waals surface area contributed by atoms with E-state index in [1.807, 2.05) is 25.1 Å². The van der Waals surface area contributed by atoms with Crippen LogP contribution in [0.2, 0.25) is 0 Å². The minimum Gasteiger partial charge on any atom is -0.481 e. The lowest BCUT2D eigenvalue weighted by molar-refractivity contribution is -0.128. The molecule has 1 amide bonds. The minimum absolute atomic E-state index is 0.329. The van der Waals surface area contributed by atoms with Crippen LogP contribution in [0.1, 0.15) is 18.9 Å². The fourth-order valence-corrected chi connectivity index (χ4v) is 1.45. The van der Waals surface area contributed by atoms with Crippen LogP contribution in [0.5, 0.6) is 5.75 Å². The van der Waals surface area contributed by atoms with Crippen molar-refractivity contribution in [1.29, 1.82) is 0 Å². The van der Waals surface area contributed by atoms with Crippen molar-refractivity contribution in [2.45, 2.75) is 26.1 Å². The number of rotatable bonds is 6. The van der Waals surface area contributed by atoms with Crippen molar-refractivity contribution in [1.82, 2.24) is 5.43 Å². The third kappa shape index (κ3) is 4.05. The van der Waals surface area contributed by atoms with Gasteiger partial charge in [-0.25, -0.2) is 5.84 Å². The smallest absolute Gasteiger partial charge is 0.274 e. The molecule has 0 aromatic heterocycles. The Kier molecular flexibility index (Phi) is 5.45. The fraction of sp³-hybridized carbons (Fsp3) is 0.417. The lowest BCUT2D eigenvalue weighted by Gasteiger charge is -2.16. The number of benzene rings is 1. The van der Waals surface area contributed by atoms with Gasteiger partial charge in [0.2, 0.25) is 0 Å². The summed E-state index contributed by atoms with van der Waals surface area (Å²) in [6.07, 6.45) is -0.0184. The Morgan fingerprint density at radius 1 is 1.53 bits per heavy atom. The Morgan fingerprint density at radius 3 is 2.88 bits per heavy atom. The van der Waals surface area contributed by atoms with Crippen LogP contribution in [-0.4, -0.2) is 19.1 Å². The van der Waals surface area contributed by atoms with Gasteiger partial charge in [0, 0.05) is 7.11 Å². The Bertz CT molecular complexity index is 369. The van der Waals surface area contributed by atoms with Crippen LogP contribution in [0, 0.1) is 0 Å². The van der Waals surface area contributed by atoms with Crippen LogP contribution in [0.4, 0.5) is 0 Å². The molecule has 0 bridgehead atoms. The van der Waals surface area contributed by atoms with Crippen molar-refractivity contribution in [2.24, 2.45) is 5.84 Å². The van der Waals surface area contributed by atoms with Gasteiger partial charge in [0.1, 0.15) is 5.75 Å². The molecule has 1 unspecified atom stereocenters. The summed E-state index contributed by atoms with van der Waals surface area (Å²) >= 11 is 0. The minimum atomic E-state index is -0.571. The van der Waals surface area contributed by atoms with Gasteiger partial charge >= 0.3 is 0 Å². The lowest BCUT2D eigenvalue weighted by atomic mass is 10.2. The molecule has 0 saturated carbocycles. The van der Waals surface area contributed by atoms with Gasteiger partial charge in [-0.15, -0.1) is 0 Å². The van der Waals surface area contributed by atoms with Crippen LogP contribution in [0.25, 0.3) is 0 Å². The number of hydrogen-bond acceptors (Lipinski definition) is 4. The zero-order valence-corrected chi connectivity index (χ0v) is 10.1. The maximum Gasteiger partial charge on any atom is 0.274 e. The molecule has 0 aliphatic heterocycles. The first-order valence-corrected chi connectivity index (χ1v) is 5.46. The number of hydrazine groups is 1. The highest BCUT2D eigenvalue weighted by Crippen LogP contribution is 2.16. The first kappa shape index (κ1) is 13.5. The Labute approximate surface area is 101 Å². The highest BCUT2D eigenvalue weighted by atomic mass is 16.5. The van der Waals surface area contributed by atoms with Crippen molar-refractivity contribution in [2.75, 3.05) is 7.11 Å². The van der Waals surface area contributed by atoms with E-state index >= 15 is 0 Å². The van der Waals surface area contributed by atoms with E-state index in [0.717, 1.165) is 5.56 Å². The fourth-order valence-electron chi connectivity index (χ4n) is 1.45.